The molecule has 2 fully saturated rings. The van der Waals surface area contributed by atoms with E-state index in [1.54, 1.807) is 12.1 Å². The third-order valence-electron chi connectivity index (χ3n) is 5.72. The maximum Gasteiger partial charge on any atom is 0.292 e. The van der Waals surface area contributed by atoms with Crippen molar-refractivity contribution in [2.45, 2.75) is 51.9 Å². The lowest BCUT2D eigenvalue weighted by Gasteiger charge is -2.37. The maximum atomic E-state index is 11.4. The summed E-state index contributed by atoms with van der Waals surface area (Å²) in [6, 6.07) is 4.89. The summed E-state index contributed by atoms with van der Waals surface area (Å²) in [7, 11) is 0. The minimum Gasteiger partial charge on any atom is -0.392 e. The first kappa shape index (κ1) is 20.0. The number of hydrogen-bond donors (Lipinski definition) is 1. The Morgan fingerprint density at radius 1 is 1.22 bits per heavy atom. The zero-order chi connectivity index (χ0) is 19.4. The number of nitro groups is 1. The first-order valence-electron chi connectivity index (χ1n) is 9.97. The normalized spacial score (nSPS) is 24.9. The van der Waals surface area contributed by atoms with Crippen molar-refractivity contribution in [2.75, 3.05) is 37.6 Å². The number of anilines is 1. The highest BCUT2D eigenvalue weighted by Gasteiger charge is 2.27. The van der Waals surface area contributed by atoms with Crippen LogP contribution in [0.2, 0.25) is 0 Å². The molecule has 0 bridgehead atoms. The van der Waals surface area contributed by atoms with Crippen molar-refractivity contribution in [3.05, 3.63) is 33.9 Å². The van der Waals surface area contributed by atoms with Gasteiger partial charge in [0.2, 0.25) is 0 Å². The molecule has 2 atom stereocenters. The number of ether oxygens (including phenoxy) is 1. The smallest absolute Gasteiger partial charge is 0.292 e. The van der Waals surface area contributed by atoms with E-state index in [1.165, 1.54) is 12.5 Å². The predicted octanol–water partition coefficient (Wildman–Crippen LogP) is 2.80. The van der Waals surface area contributed by atoms with Crippen LogP contribution in [-0.4, -0.2) is 59.9 Å². The van der Waals surface area contributed by atoms with Gasteiger partial charge >= 0.3 is 0 Å². The van der Waals surface area contributed by atoms with Gasteiger partial charge in [0.1, 0.15) is 5.69 Å². The molecule has 3 rings (SSSR count). The van der Waals surface area contributed by atoms with E-state index in [9.17, 15) is 15.2 Å². The van der Waals surface area contributed by atoms with Crippen molar-refractivity contribution in [1.29, 1.82) is 0 Å². The Balaban J connectivity index is 1.54. The molecule has 0 radical (unpaired) electrons. The Kier molecular flexibility index (Phi) is 6.68. The van der Waals surface area contributed by atoms with Crippen LogP contribution in [0.25, 0.3) is 0 Å². The molecule has 0 spiro atoms. The third-order valence-corrected chi connectivity index (χ3v) is 5.72. The van der Waals surface area contributed by atoms with Crippen molar-refractivity contribution in [3.63, 3.8) is 0 Å². The highest BCUT2D eigenvalue weighted by Crippen LogP contribution is 2.33. The highest BCUT2D eigenvalue weighted by molar-refractivity contribution is 5.64. The van der Waals surface area contributed by atoms with E-state index in [-0.39, 0.29) is 17.2 Å². The van der Waals surface area contributed by atoms with E-state index < -0.39 is 0 Å². The fourth-order valence-electron chi connectivity index (χ4n) is 4.37. The van der Waals surface area contributed by atoms with Gasteiger partial charge in [0.25, 0.3) is 5.69 Å². The van der Waals surface area contributed by atoms with Gasteiger partial charge < -0.3 is 14.7 Å². The van der Waals surface area contributed by atoms with Gasteiger partial charge in [-0.05, 0) is 63.3 Å². The van der Waals surface area contributed by atoms with Crippen LogP contribution in [0.4, 0.5) is 11.4 Å². The number of rotatable bonds is 6. The molecule has 2 saturated heterocycles. The molecular formula is C20H31N3O4. The van der Waals surface area contributed by atoms with Gasteiger partial charge in [-0.1, -0.05) is 0 Å². The molecule has 7 heteroatoms. The monoisotopic (exact) mass is 377 g/mol. The van der Waals surface area contributed by atoms with Gasteiger partial charge in [0.05, 0.1) is 23.7 Å². The van der Waals surface area contributed by atoms with E-state index in [0.717, 1.165) is 45.6 Å². The number of nitro benzene ring substituents is 1. The average molecular weight is 377 g/mol. The lowest BCUT2D eigenvalue weighted by atomic mass is 9.92. The molecule has 2 aliphatic heterocycles. The van der Waals surface area contributed by atoms with Crippen molar-refractivity contribution in [2.24, 2.45) is 5.92 Å². The number of nitrogens with zero attached hydrogens (tertiary/aromatic N) is 3. The molecule has 1 N–H and O–H groups in total. The Hall–Kier alpha value is -1.70. The maximum absolute atomic E-state index is 11.4. The van der Waals surface area contributed by atoms with Crippen LogP contribution < -0.4 is 4.90 Å². The fourth-order valence-corrected chi connectivity index (χ4v) is 4.37. The second-order valence-corrected chi connectivity index (χ2v) is 7.97. The van der Waals surface area contributed by atoms with Gasteiger partial charge in [-0.2, -0.15) is 0 Å². The van der Waals surface area contributed by atoms with E-state index in [2.05, 4.69) is 23.6 Å². The largest absolute Gasteiger partial charge is 0.392 e. The molecule has 0 saturated carbocycles. The van der Waals surface area contributed by atoms with Crippen LogP contribution in [0.1, 0.15) is 38.7 Å². The van der Waals surface area contributed by atoms with Crippen LogP contribution in [0, 0.1) is 16.0 Å². The standard InChI is InChI=1S/C20H31N3O4/c1-15-12-21(13-16(2)27-15)8-5-17-6-9-22(10-7-17)20-11-18(14-24)3-4-19(20)23(25)26/h3-4,11,15-17,24H,5-10,12-14H2,1-2H3. The molecule has 1 aromatic rings. The molecule has 2 heterocycles. The Bertz CT molecular complexity index is 636. The van der Waals surface area contributed by atoms with E-state index >= 15 is 0 Å². The minimum atomic E-state index is -0.330. The summed E-state index contributed by atoms with van der Waals surface area (Å²) in [5.74, 6) is 0.662. The van der Waals surface area contributed by atoms with Crippen LogP contribution in [0.15, 0.2) is 18.2 Å². The Labute approximate surface area is 161 Å². The van der Waals surface area contributed by atoms with E-state index in [1.807, 2.05) is 0 Å². The minimum absolute atomic E-state index is 0.0994. The fraction of sp³-hybridized carbons (Fsp3) is 0.700. The molecule has 27 heavy (non-hydrogen) atoms. The molecule has 0 aliphatic carbocycles. The second kappa shape index (κ2) is 8.99. The topological polar surface area (TPSA) is 79.1 Å². The molecular weight excluding hydrogens is 346 g/mol. The van der Waals surface area contributed by atoms with E-state index in [0.29, 0.717) is 29.4 Å². The summed E-state index contributed by atoms with van der Waals surface area (Å²) < 4.78 is 5.80. The van der Waals surface area contributed by atoms with Crippen molar-refractivity contribution < 1.29 is 14.8 Å². The van der Waals surface area contributed by atoms with Gasteiger partial charge in [-0.25, -0.2) is 0 Å². The second-order valence-electron chi connectivity index (χ2n) is 7.97. The van der Waals surface area contributed by atoms with Crippen molar-refractivity contribution >= 4 is 11.4 Å². The Morgan fingerprint density at radius 3 is 2.48 bits per heavy atom. The number of aliphatic hydroxyl groups is 1. The summed E-state index contributed by atoms with van der Waals surface area (Å²) in [6.07, 6.45) is 3.88. The van der Waals surface area contributed by atoms with Gasteiger partial charge in [-0.3, -0.25) is 15.0 Å². The summed E-state index contributed by atoms with van der Waals surface area (Å²) in [4.78, 5) is 15.6. The molecule has 1 aromatic carbocycles. The Morgan fingerprint density at radius 2 is 1.89 bits per heavy atom. The molecule has 2 unspecified atom stereocenters. The van der Waals surface area contributed by atoms with Gasteiger partial charge in [0, 0.05) is 32.2 Å². The number of aliphatic hydroxyl groups excluding tert-OH is 1. The molecule has 2 aliphatic rings. The summed E-state index contributed by atoms with van der Waals surface area (Å²) in [6.45, 7) is 8.93. The van der Waals surface area contributed by atoms with Crippen LogP contribution in [0.5, 0.6) is 0 Å². The van der Waals surface area contributed by atoms with Gasteiger partial charge in [-0.15, -0.1) is 0 Å². The highest BCUT2D eigenvalue weighted by atomic mass is 16.6. The third kappa shape index (κ3) is 5.18. The van der Waals surface area contributed by atoms with E-state index in [4.69, 9.17) is 4.74 Å². The predicted molar refractivity (Wildman–Crippen MR) is 105 cm³/mol. The molecule has 0 aromatic heterocycles. The summed E-state index contributed by atoms with van der Waals surface area (Å²) in [5.41, 5.74) is 1.48. The average Bonchev–Trinajstić information content (AvgIpc) is 2.65. The SMILES string of the molecule is CC1CN(CCC2CCN(c3cc(CO)ccc3[N+](=O)[O-])CC2)CC(C)O1. The number of morpholine rings is 1. The lowest BCUT2D eigenvalue weighted by molar-refractivity contribution is -0.384. The zero-order valence-corrected chi connectivity index (χ0v) is 16.3. The van der Waals surface area contributed by atoms with Crippen LogP contribution >= 0.6 is 0 Å². The van der Waals surface area contributed by atoms with Crippen LogP contribution in [0.3, 0.4) is 0 Å². The van der Waals surface area contributed by atoms with Crippen molar-refractivity contribution in [3.8, 4) is 0 Å². The summed E-state index contributed by atoms with van der Waals surface area (Å²) in [5, 5.41) is 20.7. The molecule has 0 amide bonds. The molecule has 7 nitrogen and oxygen atoms in total. The lowest BCUT2D eigenvalue weighted by Crippen LogP contribution is -2.46. The van der Waals surface area contributed by atoms with Crippen molar-refractivity contribution in [1.82, 2.24) is 4.90 Å². The first-order valence-corrected chi connectivity index (χ1v) is 9.97. The van der Waals surface area contributed by atoms with Crippen LogP contribution in [-0.2, 0) is 11.3 Å². The zero-order valence-electron chi connectivity index (χ0n) is 16.3. The number of hydrogen-bond acceptors (Lipinski definition) is 6. The first-order chi connectivity index (χ1) is 13.0. The van der Waals surface area contributed by atoms with Gasteiger partial charge in [0.15, 0.2) is 0 Å². The number of piperidine rings is 1. The molecule has 150 valence electrons. The summed E-state index contributed by atoms with van der Waals surface area (Å²) >= 11 is 0. The number of benzene rings is 1. The quantitative estimate of drug-likeness (QED) is 0.607.